The first kappa shape index (κ1) is 27.0. The van der Waals surface area contributed by atoms with Crippen LogP contribution in [0.25, 0.3) is 0 Å². The van der Waals surface area contributed by atoms with E-state index < -0.39 is 33.3 Å². The normalized spacial score (nSPS) is 21.8. The SMILES string of the molecule is O=C(NO)C1(S(=O)(=O)N2CCN(c3ccc(OCCCC(F)(F)F)cc3)CC2)CCN(C2CC2)CC1. The van der Waals surface area contributed by atoms with E-state index in [-0.39, 0.29) is 39.0 Å². The van der Waals surface area contributed by atoms with Gasteiger partial charge in [0.25, 0.3) is 5.91 Å². The van der Waals surface area contributed by atoms with E-state index >= 15 is 0 Å². The Balaban J connectivity index is 1.33. The predicted octanol–water partition coefficient (Wildman–Crippen LogP) is 2.36. The van der Waals surface area contributed by atoms with Gasteiger partial charge in [-0.25, -0.2) is 13.9 Å². The number of rotatable bonds is 9. The average Bonchev–Trinajstić information content (AvgIpc) is 3.72. The van der Waals surface area contributed by atoms with Crippen LogP contribution < -0.4 is 15.1 Å². The van der Waals surface area contributed by atoms with Crippen molar-refractivity contribution in [1.82, 2.24) is 14.7 Å². The zero-order valence-electron chi connectivity index (χ0n) is 20.0. The Morgan fingerprint density at radius 2 is 1.67 bits per heavy atom. The van der Waals surface area contributed by atoms with Crippen LogP contribution in [0.15, 0.2) is 24.3 Å². The van der Waals surface area contributed by atoms with Gasteiger partial charge >= 0.3 is 6.18 Å². The molecule has 0 bridgehead atoms. The van der Waals surface area contributed by atoms with E-state index in [1.54, 1.807) is 29.7 Å². The number of benzene rings is 1. The number of piperazine rings is 1. The molecular weight excluding hydrogens is 501 g/mol. The number of hydrogen-bond acceptors (Lipinski definition) is 7. The smallest absolute Gasteiger partial charge is 0.389 e. The lowest BCUT2D eigenvalue weighted by atomic mass is 9.95. The Bertz CT molecular complexity index is 1000. The fraction of sp³-hybridized carbons (Fsp3) is 0.696. The molecular formula is C23H33F3N4O5S. The molecule has 1 aromatic carbocycles. The zero-order valence-corrected chi connectivity index (χ0v) is 20.9. The van der Waals surface area contributed by atoms with E-state index in [1.165, 1.54) is 4.31 Å². The van der Waals surface area contributed by atoms with Crippen molar-refractivity contribution in [2.75, 3.05) is 50.8 Å². The number of hydroxylamine groups is 1. The Morgan fingerprint density at radius 3 is 2.19 bits per heavy atom. The highest BCUT2D eigenvalue weighted by atomic mass is 32.2. The molecule has 9 nitrogen and oxygen atoms in total. The lowest BCUT2D eigenvalue weighted by Crippen LogP contribution is -2.63. The highest BCUT2D eigenvalue weighted by Crippen LogP contribution is 2.38. The van der Waals surface area contributed by atoms with Gasteiger partial charge in [0.2, 0.25) is 10.0 Å². The van der Waals surface area contributed by atoms with Crippen molar-refractivity contribution in [3.8, 4) is 5.75 Å². The number of nitrogens with one attached hydrogen (secondary N) is 1. The van der Waals surface area contributed by atoms with Gasteiger partial charge in [0.1, 0.15) is 5.75 Å². The molecule has 0 aromatic heterocycles. The number of hydrogen-bond donors (Lipinski definition) is 2. The van der Waals surface area contributed by atoms with Gasteiger partial charge < -0.3 is 14.5 Å². The standard InChI is InChI=1S/C23H33F3N4O5S/c24-23(25,26)8-1-17-35-20-6-4-19(5-7-20)29-13-15-30(16-14-29)36(33,34)22(21(31)27-32)9-11-28(12-10-22)18-2-3-18/h4-7,18,32H,1-3,8-17H2,(H,27,31). The van der Waals surface area contributed by atoms with Crippen LogP contribution in [-0.2, 0) is 14.8 Å². The molecule has 3 aliphatic rings. The summed E-state index contributed by atoms with van der Waals surface area (Å²) in [5.74, 6) is -0.400. The molecule has 2 aliphatic heterocycles. The first-order valence-electron chi connectivity index (χ1n) is 12.3. The van der Waals surface area contributed by atoms with Gasteiger partial charge in [0, 0.05) is 57.4 Å². The number of amides is 1. The number of ether oxygens (including phenoxy) is 1. The molecule has 1 amide bonds. The van der Waals surface area contributed by atoms with Crippen LogP contribution >= 0.6 is 0 Å². The molecule has 36 heavy (non-hydrogen) atoms. The number of halogens is 3. The minimum absolute atomic E-state index is 0.0308. The van der Waals surface area contributed by atoms with Crippen LogP contribution in [-0.4, -0.2) is 91.6 Å². The van der Waals surface area contributed by atoms with Gasteiger partial charge in [-0.1, -0.05) is 0 Å². The number of carbonyl (C=O) groups excluding carboxylic acids is 1. The van der Waals surface area contributed by atoms with Crippen LogP contribution in [0.5, 0.6) is 5.75 Å². The molecule has 2 saturated heterocycles. The number of likely N-dealkylation sites (tertiary alicyclic amines) is 1. The van der Waals surface area contributed by atoms with E-state index in [2.05, 4.69) is 4.90 Å². The number of piperidine rings is 1. The summed E-state index contributed by atoms with van der Waals surface area (Å²) in [7, 11) is -4.01. The van der Waals surface area contributed by atoms with Gasteiger partial charge in [0.15, 0.2) is 4.75 Å². The quantitative estimate of drug-likeness (QED) is 0.285. The lowest BCUT2D eigenvalue weighted by Gasteiger charge is -2.44. The van der Waals surface area contributed by atoms with Gasteiger partial charge in [0.05, 0.1) is 6.61 Å². The number of nitrogens with zero attached hydrogens (tertiary/aromatic N) is 3. The Morgan fingerprint density at radius 1 is 1.06 bits per heavy atom. The molecule has 2 N–H and O–H groups in total. The third-order valence-corrected chi connectivity index (χ3v) is 9.96. The molecule has 1 aromatic rings. The summed E-state index contributed by atoms with van der Waals surface area (Å²) in [5.41, 5.74) is 2.45. The molecule has 0 atom stereocenters. The summed E-state index contributed by atoms with van der Waals surface area (Å²) in [6.07, 6.45) is -2.73. The summed E-state index contributed by atoms with van der Waals surface area (Å²) in [5, 5.41) is 9.35. The second-order valence-corrected chi connectivity index (χ2v) is 11.9. The molecule has 4 rings (SSSR count). The maximum Gasteiger partial charge on any atom is 0.389 e. The zero-order chi connectivity index (χ0) is 26.0. The molecule has 3 fully saturated rings. The number of anilines is 1. The minimum atomic E-state index is -4.20. The van der Waals surface area contributed by atoms with Crippen molar-refractivity contribution >= 4 is 21.6 Å². The molecule has 13 heteroatoms. The van der Waals surface area contributed by atoms with Crippen molar-refractivity contribution in [1.29, 1.82) is 0 Å². The Hall–Kier alpha value is -2.09. The van der Waals surface area contributed by atoms with Gasteiger partial charge in [-0.2, -0.15) is 17.5 Å². The summed E-state index contributed by atoms with van der Waals surface area (Å²) < 4.78 is 69.1. The highest BCUT2D eigenvalue weighted by Gasteiger charge is 2.55. The average molecular weight is 535 g/mol. The topological polar surface area (TPSA) is 102 Å². The number of sulfonamides is 1. The van der Waals surface area contributed by atoms with Crippen molar-refractivity contribution in [2.24, 2.45) is 0 Å². The third-order valence-electron chi connectivity index (χ3n) is 7.33. The largest absolute Gasteiger partial charge is 0.494 e. The van der Waals surface area contributed by atoms with E-state index in [0.29, 0.717) is 38.0 Å². The molecule has 1 saturated carbocycles. The maximum absolute atomic E-state index is 13.7. The van der Waals surface area contributed by atoms with E-state index in [0.717, 1.165) is 18.5 Å². The van der Waals surface area contributed by atoms with E-state index in [4.69, 9.17) is 4.74 Å². The van der Waals surface area contributed by atoms with Crippen LogP contribution in [0.2, 0.25) is 0 Å². The summed E-state index contributed by atoms with van der Waals surface area (Å²) in [6.45, 7) is 2.20. The summed E-state index contributed by atoms with van der Waals surface area (Å²) in [4.78, 5) is 16.9. The van der Waals surface area contributed by atoms with Crippen molar-refractivity contribution in [2.45, 2.75) is 55.5 Å². The number of carbonyl (C=O) groups is 1. The summed E-state index contributed by atoms with van der Waals surface area (Å²) >= 11 is 0. The van der Waals surface area contributed by atoms with Crippen LogP contribution in [0, 0.1) is 0 Å². The summed E-state index contributed by atoms with van der Waals surface area (Å²) in [6, 6.07) is 7.42. The van der Waals surface area contributed by atoms with Crippen LogP contribution in [0.4, 0.5) is 18.9 Å². The fourth-order valence-electron chi connectivity index (χ4n) is 5.04. The third kappa shape index (κ3) is 5.90. The minimum Gasteiger partial charge on any atom is -0.494 e. The fourth-order valence-corrected chi connectivity index (χ4v) is 7.16. The lowest BCUT2D eigenvalue weighted by molar-refractivity contribution is -0.136. The Kier molecular flexibility index (Phi) is 8.03. The van der Waals surface area contributed by atoms with Gasteiger partial charge in [-0.05, 0) is 56.4 Å². The van der Waals surface area contributed by atoms with Crippen molar-refractivity contribution in [3.05, 3.63) is 24.3 Å². The van der Waals surface area contributed by atoms with E-state index in [9.17, 15) is 31.6 Å². The Labute approximate surface area is 209 Å². The molecule has 0 spiro atoms. The second kappa shape index (κ2) is 10.7. The maximum atomic E-state index is 13.7. The monoisotopic (exact) mass is 534 g/mol. The van der Waals surface area contributed by atoms with Crippen molar-refractivity contribution < 1.29 is 36.3 Å². The highest BCUT2D eigenvalue weighted by molar-refractivity contribution is 7.91. The van der Waals surface area contributed by atoms with Gasteiger partial charge in [-0.3, -0.25) is 10.0 Å². The molecule has 1 aliphatic carbocycles. The van der Waals surface area contributed by atoms with Crippen molar-refractivity contribution in [3.63, 3.8) is 0 Å². The first-order valence-corrected chi connectivity index (χ1v) is 13.7. The first-order chi connectivity index (χ1) is 17.1. The molecule has 202 valence electrons. The predicted molar refractivity (Wildman–Crippen MR) is 126 cm³/mol. The van der Waals surface area contributed by atoms with Crippen LogP contribution in [0.1, 0.15) is 38.5 Å². The number of alkyl halides is 3. The van der Waals surface area contributed by atoms with Gasteiger partial charge in [-0.15, -0.1) is 0 Å². The molecule has 0 radical (unpaired) electrons. The molecule has 0 unspecified atom stereocenters. The molecule has 2 heterocycles. The van der Waals surface area contributed by atoms with Crippen LogP contribution in [0.3, 0.4) is 0 Å². The van der Waals surface area contributed by atoms with E-state index in [1.807, 2.05) is 4.90 Å². The second-order valence-electron chi connectivity index (χ2n) is 9.65.